The van der Waals surface area contributed by atoms with Crippen molar-refractivity contribution < 1.29 is 9.59 Å². The van der Waals surface area contributed by atoms with Gasteiger partial charge in [-0.1, -0.05) is 6.92 Å². The maximum absolute atomic E-state index is 13.3. The monoisotopic (exact) mass is 448 g/mol. The van der Waals surface area contributed by atoms with Crippen LogP contribution in [0.25, 0.3) is 10.2 Å². The van der Waals surface area contributed by atoms with Crippen LogP contribution in [-0.4, -0.2) is 47.8 Å². The molecule has 0 spiro atoms. The van der Waals surface area contributed by atoms with Gasteiger partial charge in [0.1, 0.15) is 9.71 Å². The molecule has 0 saturated carbocycles. The summed E-state index contributed by atoms with van der Waals surface area (Å²) in [6.45, 7) is 6.63. The van der Waals surface area contributed by atoms with Crippen molar-refractivity contribution in [2.75, 3.05) is 36.8 Å². The summed E-state index contributed by atoms with van der Waals surface area (Å²) in [5, 5.41) is 0.926. The van der Waals surface area contributed by atoms with Crippen molar-refractivity contribution in [3.05, 3.63) is 52.0 Å². The fourth-order valence-corrected chi connectivity index (χ4v) is 5.81. The van der Waals surface area contributed by atoms with Crippen LogP contribution < -0.4 is 10.6 Å². The number of hydrogen-bond acceptors (Lipinski definition) is 6. The van der Waals surface area contributed by atoms with E-state index in [0.717, 1.165) is 41.8 Å². The molecule has 6 nitrogen and oxygen atoms in total. The van der Waals surface area contributed by atoms with Crippen molar-refractivity contribution in [2.45, 2.75) is 33.1 Å². The van der Waals surface area contributed by atoms with Crippen LogP contribution >= 0.6 is 11.3 Å². The lowest BCUT2D eigenvalue weighted by atomic mass is 9.87. The lowest BCUT2D eigenvalue weighted by molar-refractivity contribution is 0.0752. The largest absolute Gasteiger partial charge is 0.397 e. The molecular formula is C25H28N4O2S. The Morgan fingerprint density at radius 1 is 1.12 bits per heavy atom. The maximum atomic E-state index is 13.3. The third kappa shape index (κ3) is 3.75. The van der Waals surface area contributed by atoms with Crippen LogP contribution in [0.4, 0.5) is 11.4 Å². The van der Waals surface area contributed by atoms with E-state index in [4.69, 9.17) is 10.7 Å². The van der Waals surface area contributed by atoms with Gasteiger partial charge in [-0.25, -0.2) is 4.98 Å². The van der Waals surface area contributed by atoms with Crippen LogP contribution in [0.3, 0.4) is 0 Å². The van der Waals surface area contributed by atoms with Crippen molar-refractivity contribution in [3.63, 3.8) is 0 Å². The molecule has 1 amide bonds. The van der Waals surface area contributed by atoms with Gasteiger partial charge in [-0.3, -0.25) is 9.59 Å². The van der Waals surface area contributed by atoms with E-state index in [9.17, 15) is 9.59 Å². The number of amides is 1. The number of rotatable bonds is 3. The highest BCUT2D eigenvalue weighted by Crippen LogP contribution is 2.37. The standard InChI is InChI=1S/C25H28N4O2S/c1-15-3-8-21-18(13-15)14-20-22(26)23(32-24(20)27-21)25(31)29-11-9-28(10-12-29)19-6-4-17(5-7-19)16(2)30/h4-7,14-15H,3,8-13,26H2,1-2H3/t15-/m0/s1. The van der Waals surface area contributed by atoms with Gasteiger partial charge in [-0.15, -0.1) is 11.3 Å². The zero-order valence-electron chi connectivity index (χ0n) is 18.6. The number of pyridine rings is 1. The second-order valence-corrected chi connectivity index (χ2v) is 10.0. The van der Waals surface area contributed by atoms with Crippen LogP contribution in [0, 0.1) is 5.92 Å². The van der Waals surface area contributed by atoms with Crippen LogP contribution in [0.5, 0.6) is 0 Å². The second kappa shape index (κ2) is 8.20. The summed E-state index contributed by atoms with van der Waals surface area (Å²) in [5.74, 6) is 0.735. The van der Waals surface area contributed by atoms with E-state index < -0.39 is 0 Å². The quantitative estimate of drug-likeness (QED) is 0.609. The molecule has 7 heteroatoms. The lowest BCUT2D eigenvalue weighted by Crippen LogP contribution is -2.48. The zero-order valence-corrected chi connectivity index (χ0v) is 19.4. The van der Waals surface area contributed by atoms with Gasteiger partial charge in [-0.05, 0) is 68.0 Å². The second-order valence-electron chi connectivity index (χ2n) is 9.02. The number of ketones is 1. The molecule has 3 aromatic rings. The Morgan fingerprint density at radius 3 is 2.53 bits per heavy atom. The topological polar surface area (TPSA) is 79.5 Å². The number of hydrogen-bond donors (Lipinski definition) is 1. The summed E-state index contributed by atoms with van der Waals surface area (Å²) < 4.78 is 0. The molecule has 2 N–H and O–H groups in total. The number of Topliss-reactive ketones (excluding diaryl/α,β-unsaturated/α-hetero) is 1. The first-order valence-electron chi connectivity index (χ1n) is 11.3. The highest BCUT2D eigenvalue weighted by molar-refractivity contribution is 7.21. The number of anilines is 2. The van der Waals surface area contributed by atoms with Gasteiger partial charge in [0, 0.05) is 48.5 Å². The molecule has 5 rings (SSSR count). The Hall–Kier alpha value is -2.93. The summed E-state index contributed by atoms with van der Waals surface area (Å²) >= 11 is 1.43. The molecule has 32 heavy (non-hydrogen) atoms. The number of carbonyl (C=O) groups excluding carboxylic acids is 2. The van der Waals surface area contributed by atoms with Crippen molar-refractivity contribution in [3.8, 4) is 0 Å². The Kier molecular flexibility index (Phi) is 5.37. The van der Waals surface area contributed by atoms with Crippen LogP contribution in [0.2, 0.25) is 0 Å². The number of thiophene rings is 1. The summed E-state index contributed by atoms with van der Waals surface area (Å²) in [6.07, 6.45) is 3.20. The normalized spacial score (nSPS) is 18.6. The molecule has 1 aromatic carbocycles. The first kappa shape index (κ1) is 20.9. The van der Waals surface area contributed by atoms with Crippen LogP contribution in [-0.2, 0) is 12.8 Å². The van der Waals surface area contributed by atoms with Crippen LogP contribution in [0.15, 0.2) is 30.3 Å². The number of aryl methyl sites for hydroxylation is 1. The Bertz CT molecular complexity index is 1190. The van der Waals surface area contributed by atoms with Crippen molar-refractivity contribution in [2.24, 2.45) is 5.92 Å². The minimum atomic E-state index is 0.00316. The third-order valence-electron chi connectivity index (χ3n) is 6.73. The van der Waals surface area contributed by atoms with Crippen molar-refractivity contribution in [1.82, 2.24) is 9.88 Å². The molecule has 1 saturated heterocycles. The summed E-state index contributed by atoms with van der Waals surface area (Å²) in [4.78, 5) is 35.3. The van der Waals surface area contributed by atoms with Gasteiger partial charge in [-0.2, -0.15) is 0 Å². The summed E-state index contributed by atoms with van der Waals surface area (Å²) in [5.41, 5.74) is 11.3. The van der Waals surface area contributed by atoms with E-state index in [1.807, 2.05) is 29.2 Å². The fraction of sp³-hybridized carbons (Fsp3) is 0.400. The Balaban J connectivity index is 1.32. The molecule has 0 unspecified atom stereocenters. The van der Waals surface area contributed by atoms with E-state index in [1.54, 1.807) is 6.92 Å². The SMILES string of the molecule is CC(=O)c1ccc(N2CCN(C(=O)c3sc4nc5c(cc4c3N)C[C@@H](C)CC5)CC2)cc1. The smallest absolute Gasteiger partial charge is 0.266 e. The van der Waals surface area contributed by atoms with Gasteiger partial charge >= 0.3 is 0 Å². The van der Waals surface area contributed by atoms with Gasteiger partial charge in [0.25, 0.3) is 5.91 Å². The number of nitrogens with zero attached hydrogens (tertiary/aromatic N) is 3. The van der Waals surface area contributed by atoms with Gasteiger partial charge in [0.15, 0.2) is 5.78 Å². The summed E-state index contributed by atoms with van der Waals surface area (Å²) in [7, 11) is 0. The molecule has 1 atom stereocenters. The predicted octanol–water partition coefficient (Wildman–Crippen LogP) is 4.17. The number of piperazine rings is 1. The fourth-order valence-electron chi connectivity index (χ4n) is 4.75. The minimum Gasteiger partial charge on any atom is -0.397 e. The van der Waals surface area contributed by atoms with Crippen molar-refractivity contribution in [1.29, 1.82) is 0 Å². The number of aromatic nitrogens is 1. The number of nitrogens with two attached hydrogens (primary N) is 1. The highest BCUT2D eigenvalue weighted by atomic mass is 32.1. The van der Waals surface area contributed by atoms with Gasteiger partial charge < -0.3 is 15.5 Å². The molecule has 0 radical (unpaired) electrons. The molecular weight excluding hydrogens is 420 g/mol. The van der Waals surface area contributed by atoms with E-state index in [-0.39, 0.29) is 11.7 Å². The van der Waals surface area contributed by atoms with Gasteiger partial charge in [0.05, 0.1) is 5.69 Å². The Labute approximate surface area is 192 Å². The molecule has 0 bridgehead atoms. The first-order valence-corrected chi connectivity index (χ1v) is 12.1. The molecule has 2 aromatic heterocycles. The minimum absolute atomic E-state index is 0.00316. The van der Waals surface area contributed by atoms with E-state index >= 15 is 0 Å². The molecule has 1 fully saturated rings. The van der Waals surface area contributed by atoms with Crippen molar-refractivity contribution >= 4 is 44.6 Å². The van der Waals surface area contributed by atoms with Crippen LogP contribution in [0.1, 0.15) is 51.6 Å². The highest BCUT2D eigenvalue weighted by Gasteiger charge is 2.27. The van der Waals surface area contributed by atoms with E-state index in [1.165, 1.54) is 29.0 Å². The van der Waals surface area contributed by atoms with E-state index in [2.05, 4.69) is 17.9 Å². The zero-order chi connectivity index (χ0) is 22.4. The number of fused-ring (bicyclic) bond motifs is 2. The number of benzene rings is 1. The number of carbonyl (C=O) groups is 2. The molecule has 3 heterocycles. The Morgan fingerprint density at radius 2 is 1.84 bits per heavy atom. The molecule has 166 valence electrons. The molecule has 1 aliphatic carbocycles. The summed E-state index contributed by atoms with van der Waals surface area (Å²) in [6, 6.07) is 9.85. The average Bonchev–Trinajstić information content (AvgIpc) is 3.12. The third-order valence-corrected chi connectivity index (χ3v) is 7.84. The predicted molar refractivity (Wildman–Crippen MR) is 130 cm³/mol. The van der Waals surface area contributed by atoms with Gasteiger partial charge in [0.2, 0.25) is 0 Å². The van der Waals surface area contributed by atoms with E-state index in [0.29, 0.717) is 35.1 Å². The molecule has 2 aliphatic rings. The first-order chi connectivity index (χ1) is 15.4. The lowest BCUT2D eigenvalue weighted by Gasteiger charge is -2.36. The number of nitrogen functional groups attached to an aromatic ring is 1. The average molecular weight is 449 g/mol. The maximum Gasteiger partial charge on any atom is 0.266 e. The molecule has 1 aliphatic heterocycles.